The second-order valence-corrected chi connectivity index (χ2v) is 13.5. The molecule has 6 rings (SSSR count). The Morgan fingerprint density at radius 3 is 1.35 bits per heavy atom. The lowest BCUT2D eigenvalue weighted by molar-refractivity contribution is 0.264. The smallest absolute Gasteiger partial charge is 0.226 e. The number of allylic oxidation sites excluding steroid dienone is 2. The molecule has 2 aromatic carbocycles. The molecule has 0 saturated carbocycles. The number of ether oxygens (including phenoxy) is 2. The highest BCUT2D eigenvalue weighted by molar-refractivity contribution is 5.92. The predicted octanol–water partition coefficient (Wildman–Crippen LogP) is 8.72. The standard InChI is InChI=1S/2C21H22N4O/c2*1-15(2)13-26-21-19-18(5-4-10-22)12-25(20(19)23-14-24-21)11-17-8-6-16(3)7-9-17/h2*4-9,12,14-15H,11,13H2,1-3H3/b5-4+;5-4-. The molecule has 0 saturated heterocycles. The lowest BCUT2D eigenvalue weighted by Gasteiger charge is -2.09. The van der Waals surface area contributed by atoms with Crippen LogP contribution in [0.25, 0.3) is 34.2 Å². The maximum Gasteiger partial charge on any atom is 0.226 e. The van der Waals surface area contributed by atoms with E-state index in [1.54, 1.807) is 12.2 Å². The van der Waals surface area contributed by atoms with Crippen LogP contribution in [0, 0.1) is 48.3 Å². The van der Waals surface area contributed by atoms with E-state index in [-0.39, 0.29) is 0 Å². The number of aromatic nitrogens is 6. The van der Waals surface area contributed by atoms with Gasteiger partial charge in [0, 0.05) is 48.8 Å². The summed E-state index contributed by atoms with van der Waals surface area (Å²) in [6, 6.07) is 20.9. The highest BCUT2D eigenvalue weighted by Gasteiger charge is 2.17. The fourth-order valence-corrected chi connectivity index (χ4v) is 5.49. The van der Waals surface area contributed by atoms with Crippen LogP contribution in [-0.2, 0) is 13.1 Å². The first kappa shape index (κ1) is 37.0. The quantitative estimate of drug-likeness (QED) is 0.117. The van der Waals surface area contributed by atoms with Gasteiger partial charge in [0.2, 0.25) is 11.8 Å². The van der Waals surface area contributed by atoms with Gasteiger partial charge in [0.25, 0.3) is 0 Å². The summed E-state index contributed by atoms with van der Waals surface area (Å²) in [6.45, 7) is 15.1. The van der Waals surface area contributed by atoms with Gasteiger partial charge in [-0.2, -0.15) is 10.5 Å². The zero-order chi connectivity index (χ0) is 37.0. The number of rotatable bonds is 12. The Morgan fingerprint density at radius 1 is 0.615 bits per heavy atom. The van der Waals surface area contributed by atoms with Gasteiger partial charge in [-0.25, -0.2) is 19.9 Å². The van der Waals surface area contributed by atoms with Crippen molar-refractivity contribution in [3.8, 4) is 23.9 Å². The molecular formula is C42H44N8O2. The van der Waals surface area contributed by atoms with Crippen LogP contribution in [0.15, 0.2) is 85.7 Å². The lowest BCUT2D eigenvalue weighted by Crippen LogP contribution is -2.06. The summed E-state index contributed by atoms with van der Waals surface area (Å²) in [7, 11) is 0. The molecule has 0 aliphatic rings. The minimum Gasteiger partial charge on any atom is -0.477 e. The Kier molecular flexibility index (Phi) is 12.5. The lowest BCUT2D eigenvalue weighted by atomic mass is 10.1. The summed E-state index contributed by atoms with van der Waals surface area (Å²) in [5.74, 6) is 1.91. The minimum atomic E-state index is 0.396. The van der Waals surface area contributed by atoms with Crippen LogP contribution in [0.5, 0.6) is 11.8 Å². The third-order valence-electron chi connectivity index (χ3n) is 8.02. The molecule has 6 aromatic rings. The average molecular weight is 693 g/mol. The number of benzene rings is 2. The average Bonchev–Trinajstić information content (AvgIpc) is 3.68. The SMILES string of the molecule is Cc1ccc(Cn2cc(/C=C/C#N)c3c(OCC(C)C)ncnc32)cc1.Cc1ccc(Cn2cc(/C=C\C#N)c3c(OCC(C)C)ncnc32)cc1. The van der Waals surface area contributed by atoms with Crippen LogP contribution in [0.4, 0.5) is 0 Å². The van der Waals surface area contributed by atoms with E-state index in [9.17, 15) is 0 Å². The van der Waals surface area contributed by atoms with Crippen molar-refractivity contribution in [2.75, 3.05) is 13.2 Å². The summed E-state index contributed by atoms with van der Waals surface area (Å²) < 4.78 is 15.9. The van der Waals surface area contributed by atoms with Gasteiger partial charge in [-0.15, -0.1) is 0 Å². The molecule has 0 N–H and O–H groups in total. The van der Waals surface area contributed by atoms with Gasteiger partial charge >= 0.3 is 0 Å². The van der Waals surface area contributed by atoms with Crippen LogP contribution in [0.3, 0.4) is 0 Å². The summed E-state index contributed by atoms with van der Waals surface area (Å²) >= 11 is 0. The molecule has 4 aromatic heterocycles. The first-order valence-corrected chi connectivity index (χ1v) is 17.3. The van der Waals surface area contributed by atoms with E-state index in [1.165, 1.54) is 47.1 Å². The molecule has 0 amide bonds. The van der Waals surface area contributed by atoms with Crippen molar-refractivity contribution < 1.29 is 9.47 Å². The summed E-state index contributed by atoms with van der Waals surface area (Å²) in [5, 5.41) is 19.5. The molecule has 0 radical (unpaired) electrons. The largest absolute Gasteiger partial charge is 0.477 e. The fourth-order valence-electron chi connectivity index (χ4n) is 5.49. The third kappa shape index (κ3) is 9.49. The van der Waals surface area contributed by atoms with Gasteiger partial charge in [-0.3, -0.25) is 0 Å². The molecule has 264 valence electrons. The van der Waals surface area contributed by atoms with E-state index >= 15 is 0 Å². The number of hydrogen-bond acceptors (Lipinski definition) is 8. The first-order chi connectivity index (χ1) is 25.2. The second-order valence-electron chi connectivity index (χ2n) is 13.5. The highest BCUT2D eigenvalue weighted by Crippen LogP contribution is 2.31. The molecule has 0 atom stereocenters. The molecule has 10 nitrogen and oxygen atoms in total. The van der Waals surface area contributed by atoms with E-state index in [0.29, 0.717) is 49.9 Å². The normalized spacial score (nSPS) is 11.3. The molecule has 0 aliphatic carbocycles. The molecular weight excluding hydrogens is 649 g/mol. The van der Waals surface area contributed by atoms with E-state index in [2.05, 4.69) is 119 Å². The monoisotopic (exact) mass is 692 g/mol. The third-order valence-corrected chi connectivity index (χ3v) is 8.02. The maximum absolute atomic E-state index is 8.91. The van der Waals surface area contributed by atoms with Crippen LogP contribution in [0.2, 0.25) is 0 Å². The summed E-state index contributed by atoms with van der Waals surface area (Å²) in [4.78, 5) is 17.6. The van der Waals surface area contributed by atoms with E-state index in [1.807, 2.05) is 24.5 Å². The van der Waals surface area contributed by atoms with Crippen molar-refractivity contribution >= 4 is 34.2 Å². The zero-order valence-electron chi connectivity index (χ0n) is 30.6. The Balaban J connectivity index is 0.000000201. The Morgan fingerprint density at radius 2 is 1.00 bits per heavy atom. The van der Waals surface area contributed by atoms with Crippen LogP contribution < -0.4 is 9.47 Å². The number of hydrogen-bond donors (Lipinski definition) is 0. The van der Waals surface area contributed by atoms with Crippen molar-refractivity contribution in [2.45, 2.75) is 54.6 Å². The van der Waals surface area contributed by atoms with Crippen molar-refractivity contribution in [2.24, 2.45) is 11.8 Å². The molecule has 10 heteroatoms. The molecule has 52 heavy (non-hydrogen) atoms. The van der Waals surface area contributed by atoms with Crippen molar-refractivity contribution in [3.05, 3.63) is 119 Å². The maximum atomic E-state index is 8.91. The number of nitrogens with zero attached hydrogens (tertiary/aromatic N) is 8. The van der Waals surface area contributed by atoms with Gasteiger partial charge in [0.15, 0.2) is 0 Å². The molecule has 0 fully saturated rings. The van der Waals surface area contributed by atoms with E-state index in [0.717, 1.165) is 33.2 Å². The van der Waals surface area contributed by atoms with Crippen molar-refractivity contribution in [3.63, 3.8) is 0 Å². The van der Waals surface area contributed by atoms with Crippen LogP contribution >= 0.6 is 0 Å². The Bertz CT molecular complexity index is 2090. The molecule has 0 spiro atoms. The minimum absolute atomic E-state index is 0.396. The molecule has 4 heterocycles. The Hall–Kier alpha value is -6.26. The summed E-state index contributed by atoms with van der Waals surface area (Å²) in [6.07, 6.45) is 13.5. The number of aryl methyl sites for hydroxylation is 2. The van der Waals surface area contributed by atoms with Gasteiger partial charge < -0.3 is 18.6 Å². The fraction of sp³-hybridized carbons (Fsp3) is 0.286. The zero-order valence-corrected chi connectivity index (χ0v) is 30.6. The Labute approximate surface area is 305 Å². The second kappa shape index (κ2) is 17.6. The van der Waals surface area contributed by atoms with Crippen LogP contribution in [-0.4, -0.2) is 42.3 Å². The molecule has 0 aliphatic heterocycles. The van der Waals surface area contributed by atoms with Crippen molar-refractivity contribution in [1.29, 1.82) is 10.5 Å². The van der Waals surface area contributed by atoms with Gasteiger partial charge in [-0.05, 0) is 49.0 Å². The first-order valence-electron chi connectivity index (χ1n) is 17.3. The van der Waals surface area contributed by atoms with Gasteiger partial charge in [0.1, 0.15) is 23.9 Å². The number of nitriles is 2. The van der Waals surface area contributed by atoms with Crippen LogP contribution in [0.1, 0.15) is 61.1 Å². The van der Waals surface area contributed by atoms with Gasteiger partial charge in [0.05, 0.1) is 36.1 Å². The van der Waals surface area contributed by atoms with E-state index < -0.39 is 0 Å². The topological polar surface area (TPSA) is 127 Å². The molecule has 0 unspecified atom stereocenters. The van der Waals surface area contributed by atoms with Gasteiger partial charge in [-0.1, -0.05) is 87.4 Å². The molecule has 0 bridgehead atoms. The van der Waals surface area contributed by atoms with E-state index in [4.69, 9.17) is 20.0 Å². The number of fused-ring (bicyclic) bond motifs is 2. The van der Waals surface area contributed by atoms with Crippen molar-refractivity contribution in [1.82, 2.24) is 29.1 Å². The highest BCUT2D eigenvalue weighted by atomic mass is 16.5. The predicted molar refractivity (Wildman–Crippen MR) is 206 cm³/mol. The summed E-state index contributed by atoms with van der Waals surface area (Å²) in [5.41, 5.74) is 8.21.